The van der Waals surface area contributed by atoms with E-state index in [9.17, 15) is 13.5 Å². The van der Waals surface area contributed by atoms with Gasteiger partial charge in [-0.05, 0) is 31.1 Å². The monoisotopic (exact) mass is 233 g/mol. The van der Waals surface area contributed by atoms with Crippen LogP contribution in [0.5, 0.6) is 0 Å². The number of nitrogens with one attached hydrogen (secondary N) is 1. The molecule has 0 spiro atoms. The summed E-state index contributed by atoms with van der Waals surface area (Å²) in [5.41, 5.74) is 0. The third-order valence-electron chi connectivity index (χ3n) is 3.41. The predicted molar refractivity (Wildman–Crippen MR) is 58.4 cm³/mol. The quantitative estimate of drug-likeness (QED) is 0.689. The normalized spacial score (nSPS) is 31.7. The van der Waals surface area contributed by atoms with Crippen LogP contribution in [0.15, 0.2) is 0 Å². The molecular formula is C10H19NO3S. The number of aliphatic hydroxyl groups excluding tert-OH is 1. The number of hydrogen-bond acceptors (Lipinski definition) is 4. The second kappa shape index (κ2) is 4.39. The molecule has 2 atom stereocenters. The van der Waals surface area contributed by atoms with Crippen LogP contribution in [0.3, 0.4) is 0 Å². The van der Waals surface area contributed by atoms with Crippen molar-refractivity contribution >= 4 is 9.84 Å². The van der Waals surface area contributed by atoms with Crippen LogP contribution in [-0.4, -0.2) is 44.2 Å². The Morgan fingerprint density at radius 1 is 1.33 bits per heavy atom. The summed E-state index contributed by atoms with van der Waals surface area (Å²) in [6, 6.07) is 0.622. The fourth-order valence-corrected chi connectivity index (χ4v) is 4.10. The van der Waals surface area contributed by atoms with Gasteiger partial charge in [-0.2, -0.15) is 0 Å². The first-order valence-electron chi connectivity index (χ1n) is 5.65. The smallest absolute Gasteiger partial charge is 0.150 e. The van der Waals surface area contributed by atoms with Crippen LogP contribution in [0, 0.1) is 11.8 Å². The van der Waals surface area contributed by atoms with Gasteiger partial charge in [-0.25, -0.2) is 8.42 Å². The highest BCUT2D eigenvalue weighted by molar-refractivity contribution is 7.91. The summed E-state index contributed by atoms with van der Waals surface area (Å²) in [6.45, 7) is 0.862. The van der Waals surface area contributed by atoms with Crippen molar-refractivity contribution in [2.75, 3.05) is 24.7 Å². The molecule has 1 aliphatic heterocycles. The molecule has 4 nitrogen and oxygen atoms in total. The van der Waals surface area contributed by atoms with Crippen LogP contribution >= 0.6 is 0 Å². The fourth-order valence-electron chi connectivity index (χ4n) is 2.18. The molecule has 0 radical (unpaired) electrons. The third kappa shape index (κ3) is 3.16. The maximum Gasteiger partial charge on any atom is 0.150 e. The summed E-state index contributed by atoms with van der Waals surface area (Å²) in [6.07, 6.45) is 3.17. The van der Waals surface area contributed by atoms with Gasteiger partial charge in [-0.3, -0.25) is 0 Å². The zero-order chi connectivity index (χ0) is 10.9. The first kappa shape index (κ1) is 11.4. The molecule has 1 heterocycles. The zero-order valence-electron chi connectivity index (χ0n) is 8.85. The van der Waals surface area contributed by atoms with E-state index in [0.717, 1.165) is 13.0 Å². The summed E-state index contributed by atoms with van der Waals surface area (Å²) in [7, 11) is -2.81. The minimum Gasteiger partial charge on any atom is -0.396 e. The number of rotatable bonds is 5. The molecule has 15 heavy (non-hydrogen) atoms. The van der Waals surface area contributed by atoms with Crippen LogP contribution in [-0.2, 0) is 9.84 Å². The third-order valence-corrected chi connectivity index (χ3v) is 5.21. The standard InChI is InChI=1S/C10H19NO3S/c12-6-9(5-11-10-1-2-10)8-3-4-15(13,14)7-8/h8-12H,1-7H2. The van der Waals surface area contributed by atoms with Gasteiger partial charge in [0.1, 0.15) is 0 Å². The molecule has 0 aromatic rings. The van der Waals surface area contributed by atoms with Crippen LogP contribution in [0.1, 0.15) is 19.3 Å². The Morgan fingerprint density at radius 2 is 2.07 bits per heavy atom. The lowest BCUT2D eigenvalue weighted by molar-refractivity contribution is 0.181. The van der Waals surface area contributed by atoms with E-state index in [1.807, 2.05) is 0 Å². The first-order valence-corrected chi connectivity index (χ1v) is 7.47. The predicted octanol–water partition coefficient (Wildman–Crippen LogP) is -0.218. The van der Waals surface area contributed by atoms with E-state index in [2.05, 4.69) is 5.32 Å². The lowest BCUT2D eigenvalue weighted by atomic mass is 9.92. The lowest BCUT2D eigenvalue weighted by Gasteiger charge is -2.20. The summed E-state index contributed by atoms with van der Waals surface area (Å²) in [4.78, 5) is 0. The Bertz CT molecular complexity index is 311. The molecule has 2 fully saturated rings. The highest BCUT2D eigenvalue weighted by atomic mass is 32.2. The highest BCUT2D eigenvalue weighted by Crippen LogP contribution is 2.26. The molecule has 88 valence electrons. The molecule has 2 rings (SSSR count). The van der Waals surface area contributed by atoms with Crippen LogP contribution in [0.4, 0.5) is 0 Å². The van der Waals surface area contributed by atoms with Gasteiger partial charge in [-0.1, -0.05) is 0 Å². The van der Waals surface area contributed by atoms with Crippen LogP contribution in [0.25, 0.3) is 0 Å². The van der Waals surface area contributed by atoms with Gasteiger partial charge < -0.3 is 10.4 Å². The van der Waals surface area contributed by atoms with Crippen molar-refractivity contribution in [3.63, 3.8) is 0 Å². The molecule has 0 aromatic carbocycles. The molecular weight excluding hydrogens is 214 g/mol. The van der Waals surface area contributed by atoms with Crippen LogP contribution in [0.2, 0.25) is 0 Å². The Hall–Kier alpha value is -0.130. The lowest BCUT2D eigenvalue weighted by Crippen LogP contribution is -2.32. The minimum absolute atomic E-state index is 0.0971. The molecule has 1 saturated heterocycles. The van der Waals surface area contributed by atoms with Gasteiger partial charge in [0.15, 0.2) is 9.84 Å². The zero-order valence-corrected chi connectivity index (χ0v) is 9.67. The van der Waals surface area contributed by atoms with Gasteiger partial charge in [0.05, 0.1) is 11.5 Å². The van der Waals surface area contributed by atoms with Gasteiger partial charge in [0.25, 0.3) is 0 Å². The van der Waals surface area contributed by atoms with Gasteiger partial charge in [0, 0.05) is 19.2 Å². The Labute approximate surface area is 91.0 Å². The molecule has 0 bridgehead atoms. The Kier molecular flexibility index (Phi) is 3.33. The summed E-state index contributed by atoms with van der Waals surface area (Å²) in [5, 5.41) is 12.6. The van der Waals surface area contributed by atoms with Gasteiger partial charge in [-0.15, -0.1) is 0 Å². The van der Waals surface area contributed by atoms with Crippen LogP contribution < -0.4 is 5.32 Å². The molecule has 0 amide bonds. The Morgan fingerprint density at radius 3 is 2.53 bits per heavy atom. The SMILES string of the molecule is O=S1(=O)CCC(C(CO)CNC2CC2)C1. The summed E-state index contributed by atoms with van der Waals surface area (Å²) in [5.74, 6) is 0.844. The van der Waals surface area contributed by atoms with E-state index in [1.165, 1.54) is 12.8 Å². The number of sulfone groups is 1. The average molecular weight is 233 g/mol. The van der Waals surface area contributed by atoms with E-state index < -0.39 is 9.84 Å². The molecule has 2 unspecified atom stereocenters. The molecule has 1 aliphatic carbocycles. The maximum atomic E-state index is 11.3. The van der Waals surface area contributed by atoms with E-state index in [1.54, 1.807) is 0 Å². The topological polar surface area (TPSA) is 66.4 Å². The molecule has 0 aromatic heterocycles. The van der Waals surface area contributed by atoms with E-state index in [-0.39, 0.29) is 24.2 Å². The molecule has 2 N–H and O–H groups in total. The maximum absolute atomic E-state index is 11.3. The van der Waals surface area contributed by atoms with Gasteiger partial charge in [0.2, 0.25) is 0 Å². The fraction of sp³-hybridized carbons (Fsp3) is 1.00. The van der Waals surface area contributed by atoms with E-state index >= 15 is 0 Å². The van der Waals surface area contributed by atoms with Crippen molar-refractivity contribution in [3.8, 4) is 0 Å². The largest absolute Gasteiger partial charge is 0.396 e. The second-order valence-corrected chi connectivity index (χ2v) is 7.02. The molecule has 5 heteroatoms. The van der Waals surface area contributed by atoms with Crippen molar-refractivity contribution in [1.29, 1.82) is 0 Å². The second-order valence-electron chi connectivity index (χ2n) is 4.79. The molecule has 1 saturated carbocycles. The van der Waals surface area contributed by atoms with Gasteiger partial charge >= 0.3 is 0 Å². The van der Waals surface area contributed by atoms with E-state index in [4.69, 9.17) is 0 Å². The summed E-state index contributed by atoms with van der Waals surface area (Å²) < 4.78 is 22.6. The van der Waals surface area contributed by atoms with E-state index in [0.29, 0.717) is 11.8 Å². The Balaban J connectivity index is 1.83. The minimum atomic E-state index is -2.81. The summed E-state index contributed by atoms with van der Waals surface area (Å²) >= 11 is 0. The number of aliphatic hydroxyl groups is 1. The average Bonchev–Trinajstić information content (AvgIpc) is 2.92. The van der Waals surface area contributed by atoms with Crippen molar-refractivity contribution in [2.24, 2.45) is 11.8 Å². The first-order chi connectivity index (χ1) is 7.11. The number of hydrogen-bond donors (Lipinski definition) is 2. The van der Waals surface area contributed by atoms with Crippen molar-refractivity contribution in [2.45, 2.75) is 25.3 Å². The molecule has 2 aliphatic rings. The van der Waals surface area contributed by atoms with Crippen molar-refractivity contribution in [3.05, 3.63) is 0 Å². The van der Waals surface area contributed by atoms with Crippen molar-refractivity contribution in [1.82, 2.24) is 5.32 Å². The highest BCUT2D eigenvalue weighted by Gasteiger charge is 2.34. The van der Waals surface area contributed by atoms with Crippen molar-refractivity contribution < 1.29 is 13.5 Å².